The quantitative estimate of drug-likeness (QED) is 0.925. The zero-order chi connectivity index (χ0) is 15.0. The molecule has 5 nitrogen and oxygen atoms in total. The number of hydrogen-bond donors (Lipinski definition) is 1. The van der Waals surface area contributed by atoms with Crippen LogP contribution in [-0.2, 0) is 10.2 Å². The molecule has 1 heterocycles. The highest BCUT2D eigenvalue weighted by Gasteiger charge is 2.51. The van der Waals surface area contributed by atoms with Crippen molar-refractivity contribution >= 4 is 17.6 Å². The molecule has 0 radical (unpaired) electrons. The molecule has 0 unspecified atom stereocenters. The highest BCUT2D eigenvalue weighted by molar-refractivity contribution is 6.32. The summed E-state index contributed by atoms with van der Waals surface area (Å²) in [6.07, 6.45) is 2.39. The third-order valence-corrected chi connectivity index (χ3v) is 4.30. The molecule has 0 amide bonds. The summed E-state index contributed by atoms with van der Waals surface area (Å²) in [5.41, 5.74) is 0.289. The fourth-order valence-corrected chi connectivity index (χ4v) is 3.17. The Balaban J connectivity index is 2.17. The Morgan fingerprint density at radius 1 is 1.43 bits per heavy atom. The molecular weight excluding hydrogens is 296 g/mol. The fourth-order valence-electron chi connectivity index (χ4n) is 2.89. The summed E-state index contributed by atoms with van der Waals surface area (Å²) in [6, 6.07) is 1.68. The van der Waals surface area contributed by atoms with Gasteiger partial charge in [0.05, 0.1) is 31.8 Å². The van der Waals surface area contributed by atoms with E-state index in [0.29, 0.717) is 35.5 Å². The molecule has 0 atom stereocenters. The first kappa shape index (κ1) is 14.3. The molecule has 1 saturated carbocycles. The fraction of sp³-hybridized carbons (Fsp3) is 0.533. The van der Waals surface area contributed by atoms with Crippen LogP contribution >= 0.6 is 11.6 Å². The number of halogens is 1. The summed E-state index contributed by atoms with van der Waals surface area (Å²) in [6.45, 7) is 1.09. The number of carbonyl (C=O) groups is 1. The molecule has 114 valence electrons. The monoisotopic (exact) mass is 312 g/mol. The molecule has 21 heavy (non-hydrogen) atoms. The highest BCUT2D eigenvalue weighted by Crippen LogP contribution is 2.60. The lowest BCUT2D eigenvalue weighted by atomic mass is 9.90. The molecule has 2 aliphatic rings. The van der Waals surface area contributed by atoms with Crippen LogP contribution in [0, 0.1) is 0 Å². The van der Waals surface area contributed by atoms with Gasteiger partial charge in [-0.3, -0.25) is 4.79 Å². The maximum absolute atomic E-state index is 11.2. The van der Waals surface area contributed by atoms with Crippen molar-refractivity contribution in [3.63, 3.8) is 0 Å². The number of benzene rings is 1. The van der Waals surface area contributed by atoms with Gasteiger partial charge in [-0.2, -0.15) is 0 Å². The van der Waals surface area contributed by atoms with Crippen molar-refractivity contribution < 1.29 is 24.1 Å². The molecule has 3 rings (SSSR count). The van der Waals surface area contributed by atoms with Crippen LogP contribution in [0.4, 0.5) is 0 Å². The molecule has 1 aromatic carbocycles. The third-order valence-electron chi connectivity index (χ3n) is 4.02. The lowest BCUT2D eigenvalue weighted by Crippen LogP contribution is -2.16. The van der Waals surface area contributed by atoms with Gasteiger partial charge in [0.2, 0.25) is 0 Å². The summed E-state index contributed by atoms with van der Waals surface area (Å²) in [5, 5.41) is 9.62. The molecule has 0 aromatic heterocycles. The molecule has 1 N–H and O–H groups in total. The van der Waals surface area contributed by atoms with E-state index in [9.17, 15) is 9.90 Å². The lowest BCUT2D eigenvalue weighted by molar-refractivity contribution is -0.137. The molecule has 0 bridgehead atoms. The van der Waals surface area contributed by atoms with Gasteiger partial charge in [-0.1, -0.05) is 11.6 Å². The minimum atomic E-state index is -0.835. The van der Waals surface area contributed by atoms with Crippen LogP contribution in [-0.4, -0.2) is 31.4 Å². The van der Waals surface area contributed by atoms with Crippen LogP contribution in [0.1, 0.15) is 31.2 Å². The van der Waals surface area contributed by atoms with E-state index in [4.69, 9.17) is 25.8 Å². The van der Waals surface area contributed by atoms with Crippen molar-refractivity contribution in [2.45, 2.75) is 31.1 Å². The van der Waals surface area contributed by atoms with Crippen molar-refractivity contribution in [3.8, 4) is 17.2 Å². The topological polar surface area (TPSA) is 65.0 Å². The molecule has 0 spiro atoms. The zero-order valence-corrected chi connectivity index (χ0v) is 12.5. The predicted octanol–water partition coefficient (Wildman–Crippen LogP) is 3.02. The second kappa shape index (κ2) is 5.30. The van der Waals surface area contributed by atoms with Crippen molar-refractivity contribution in [3.05, 3.63) is 16.7 Å². The summed E-state index contributed by atoms with van der Waals surface area (Å²) in [7, 11) is 1.53. The van der Waals surface area contributed by atoms with E-state index in [1.807, 2.05) is 0 Å². The van der Waals surface area contributed by atoms with Crippen molar-refractivity contribution in [2.75, 3.05) is 20.3 Å². The molecule has 1 aliphatic heterocycles. The molecular formula is C15H17ClO5. The lowest BCUT2D eigenvalue weighted by Gasteiger charge is -2.23. The zero-order valence-electron chi connectivity index (χ0n) is 11.8. The SMILES string of the molecule is COc1c(Cl)cc2c(c1C1(CC(=O)O)CC1)OCCCO2. The van der Waals surface area contributed by atoms with Crippen LogP contribution in [0.25, 0.3) is 0 Å². The Labute approximate surface area is 127 Å². The maximum Gasteiger partial charge on any atom is 0.304 e. The highest BCUT2D eigenvalue weighted by atomic mass is 35.5. The first-order valence-electron chi connectivity index (χ1n) is 6.96. The van der Waals surface area contributed by atoms with E-state index >= 15 is 0 Å². The smallest absolute Gasteiger partial charge is 0.304 e. The van der Waals surface area contributed by atoms with Crippen LogP contribution in [0.3, 0.4) is 0 Å². The van der Waals surface area contributed by atoms with E-state index < -0.39 is 11.4 Å². The van der Waals surface area contributed by atoms with Gasteiger partial charge in [-0.25, -0.2) is 0 Å². The summed E-state index contributed by atoms with van der Waals surface area (Å²) in [4.78, 5) is 11.2. The molecule has 1 aromatic rings. The van der Waals surface area contributed by atoms with Gasteiger partial charge in [-0.15, -0.1) is 0 Å². The average Bonchev–Trinajstić information content (AvgIpc) is 3.21. The Morgan fingerprint density at radius 3 is 2.76 bits per heavy atom. The number of carboxylic acids is 1. The van der Waals surface area contributed by atoms with Gasteiger partial charge >= 0.3 is 5.97 Å². The maximum atomic E-state index is 11.2. The number of hydrogen-bond acceptors (Lipinski definition) is 4. The molecule has 1 fully saturated rings. The third kappa shape index (κ3) is 2.50. The van der Waals surface area contributed by atoms with E-state index in [-0.39, 0.29) is 6.42 Å². The van der Waals surface area contributed by atoms with Gasteiger partial charge < -0.3 is 19.3 Å². The minimum absolute atomic E-state index is 0.0412. The van der Waals surface area contributed by atoms with Gasteiger partial charge in [-0.05, 0) is 12.8 Å². The van der Waals surface area contributed by atoms with E-state index in [0.717, 1.165) is 24.8 Å². The molecule has 0 saturated heterocycles. The average molecular weight is 313 g/mol. The van der Waals surface area contributed by atoms with Gasteiger partial charge in [0.15, 0.2) is 11.5 Å². The van der Waals surface area contributed by atoms with Crippen molar-refractivity contribution in [2.24, 2.45) is 0 Å². The van der Waals surface area contributed by atoms with Crippen LogP contribution < -0.4 is 14.2 Å². The number of ether oxygens (including phenoxy) is 3. The Bertz CT molecular complexity index is 580. The normalized spacial score (nSPS) is 18.8. The Morgan fingerprint density at radius 2 is 2.14 bits per heavy atom. The first-order chi connectivity index (χ1) is 10.1. The van der Waals surface area contributed by atoms with E-state index in [1.54, 1.807) is 6.07 Å². The number of methoxy groups -OCH3 is 1. The number of fused-ring (bicyclic) bond motifs is 1. The molecule has 1 aliphatic carbocycles. The van der Waals surface area contributed by atoms with Crippen molar-refractivity contribution in [1.29, 1.82) is 0 Å². The summed E-state index contributed by atoms with van der Waals surface area (Å²) in [5.74, 6) is 0.829. The molecule has 6 heteroatoms. The Kier molecular flexibility index (Phi) is 3.61. The van der Waals surface area contributed by atoms with Gasteiger partial charge in [0, 0.05) is 23.5 Å². The van der Waals surface area contributed by atoms with Gasteiger partial charge in [0.25, 0.3) is 0 Å². The summed E-state index contributed by atoms with van der Waals surface area (Å²) >= 11 is 6.28. The van der Waals surface area contributed by atoms with Gasteiger partial charge in [0.1, 0.15) is 5.75 Å². The minimum Gasteiger partial charge on any atom is -0.495 e. The van der Waals surface area contributed by atoms with Crippen LogP contribution in [0.5, 0.6) is 17.2 Å². The predicted molar refractivity (Wildman–Crippen MR) is 76.8 cm³/mol. The second-order valence-corrected chi connectivity index (χ2v) is 5.90. The summed E-state index contributed by atoms with van der Waals surface area (Å²) < 4.78 is 16.9. The van der Waals surface area contributed by atoms with Crippen molar-refractivity contribution in [1.82, 2.24) is 0 Å². The Hall–Kier alpha value is -1.62. The largest absolute Gasteiger partial charge is 0.495 e. The van der Waals surface area contributed by atoms with E-state index in [2.05, 4.69) is 0 Å². The van der Waals surface area contributed by atoms with E-state index in [1.165, 1.54) is 7.11 Å². The second-order valence-electron chi connectivity index (χ2n) is 5.50. The van der Waals surface area contributed by atoms with Crippen LogP contribution in [0.15, 0.2) is 6.07 Å². The number of rotatable bonds is 4. The standard InChI is InChI=1S/C15H17ClO5/c1-19-13-9(16)7-10-14(21-6-2-5-20-10)12(13)15(3-4-15)8-11(17)18/h7H,2-6,8H2,1H3,(H,17,18). The van der Waals surface area contributed by atoms with Crippen LogP contribution in [0.2, 0.25) is 5.02 Å². The number of carboxylic acid groups (broad SMARTS) is 1. The first-order valence-corrected chi connectivity index (χ1v) is 7.33. The number of aliphatic carboxylic acids is 1.